The number of allylic oxidation sites excluding steroid dienone is 4. The minimum Gasteiger partial charge on any atom is -0.481 e. The van der Waals surface area contributed by atoms with Crippen LogP contribution in [0.1, 0.15) is 49.7 Å². The fourth-order valence-corrected chi connectivity index (χ4v) is 11.8. The number of aliphatic carboxylic acids is 2. The molecule has 10 rings (SSSR count). The number of ether oxygens (including phenoxy) is 4. The molecule has 2 aliphatic heterocycles. The van der Waals surface area contributed by atoms with E-state index in [0.717, 1.165) is 55.1 Å². The third kappa shape index (κ3) is 4.92. The summed E-state index contributed by atoms with van der Waals surface area (Å²) in [4.78, 5) is 23.1. The largest absolute Gasteiger partial charge is 0.481 e. The van der Waals surface area contributed by atoms with Gasteiger partial charge in [-0.25, -0.2) is 0 Å². The van der Waals surface area contributed by atoms with E-state index >= 15 is 0 Å². The number of carboxylic acids is 2. The van der Waals surface area contributed by atoms with Crippen LogP contribution in [0, 0.1) is 71.0 Å². The van der Waals surface area contributed by atoms with E-state index in [4.69, 9.17) is 18.9 Å². The van der Waals surface area contributed by atoms with Crippen LogP contribution in [0.25, 0.3) is 0 Å². The van der Waals surface area contributed by atoms with Gasteiger partial charge < -0.3 is 29.2 Å². The molecular weight excluding hydrogens is 608 g/mol. The van der Waals surface area contributed by atoms with Gasteiger partial charge in [-0.15, -0.1) is 0 Å². The number of fused-ring (bicyclic) bond motifs is 3. The van der Waals surface area contributed by atoms with Gasteiger partial charge in [0.15, 0.2) is 23.0 Å². The number of hydrogen-bond donors (Lipinski definition) is 2. The minimum atomic E-state index is -0.714. The van der Waals surface area contributed by atoms with Crippen molar-refractivity contribution in [3.63, 3.8) is 0 Å². The zero-order valence-electron chi connectivity index (χ0n) is 27.1. The highest BCUT2D eigenvalue weighted by molar-refractivity contribution is 5.66. The molecule has 48 heavy (non-hydrogen) atoms. The Balaban J connectivity index is 0.993. The summed E-state index contributed by atoms with van der Waals surface area (Å²) in [7, 11) is 0. The first kappa shape index (κ1) is 30.1. The second kappa shape index (κ2) is 11.9. The van der Waals surface area contributed by atoms with E-state index in [2.05, 4.69) is 48.6 Å². The van der Waals surface area contributed by atoms with Gasteiger partial charge in [-0.1, -0.05) is 36.4 Å². The molecule has 2 aromatic carbocycles. The van der Waals surface area contributed by atoms with E-state index in [0.29, 0.717) is 77.4 Å². The van der Waals surface area contributed by atoms with Gasteiger partial charge in [-0.05, 0) is 145 Å². The second-order valence-electron chi connectivity index (χ2n) is 15.4. The molecule has 0 amide bonds. The Morgan fingerprint density at radius 2 is 1.00 bits per heavy atom. The lowest BCUT2D eigenvalue weighted by Gasteiger charge is -2.71. The molecule has 0 radical (unpaired) electrons. The van der Waals surface area contributed by atoms with Crippen LogP contribution in [0.3, 0.4) is 0 Å². The summed E-state index contributed by atoms with van der Waals surface area (Å²) in [6.45, 7) is 0.537. The molecule has 3 saturated carbocycles. The summed E-state index contributed by atoms with van der Waals surface area (Å²) < 4.78 is 22.5. The van der Waals surface area contributed by atoms with Gasteiger partial charge in [0.1, 0.15) is 0 Å². The average molecular weight is 653 g/mol. The van der Waals surface area contributed by atoms with Gasteiger partial charge >= 0.3 is 11.9 Å². The lowest BCUT2D eigenvalue weighted by molar-refractivity contribution is -0.191. The van der Waals surface area contributed by atoms with Crippen LogP contribution in [0.2, 0.25) is 0 Å². The van der Waals surface area contributed by atoms with Crippen molar-refractivity contribution in [1.82, 2.24) is 0 Å². The number of carbonyl (C=O) groups is 2. The highest BCUT2D eigenvalue weighted by Gasteiger charge is 2.67. The maximum absolute atomic E-state index is 11.6. The Kier molecular flexibility index (Phi) is 7.46. The third-order valence-electron chi connectivity index (χ3n) is 13.4. The quantitative estimate of drug-likeness (QED) is 0.236. The standard InChI is InChI=1S/C40H44O8/c41-35(42)5-1-3-23-29(15-21-7-13-31-33(17-21)47-19-45-31)27-10-9-25-26-11-12-28(39(25)37(23)27)38-24(4-2-6-36(43)44)30(40(26)38)16-22-8-14-32-34(18-22)48-20-46-32/h7-14,17-18,23-30,37-40H,1-6,15-16,19-20H2,(H,41,42)(H,43,44)/t23-,24-,25-,26-,27-,28-,29-,30-,37+,38-,39-,40-/m0/s1. The van der Waals surface area contributed by atoms with E-state index in [9.17, 15) is 19.8 Å². The van der Waals surface area contributed by atoms with Gasteiger partial charge in [-0.2, -0.15) is 0 Å². The Morgan fingerprint density at radius 3 is 1.60 bits per heavy atom. The molecule has 3 fully saturated rings. The molecule has 2 N–H and O–H groups in total. The minimum absolute atomic E-state index is 0.221. The van der Waals surface area contributed by atoms with Crippen molar-refractivity contribution in [2.45, 2.75) is 51.4 Å². The number of rotatable bonds is 12. The highest BCUT2D eigenvalue weighted by atomic mass is 16.7. The number of carboxylic acid groups (broad SMARTS) is 2. The Hall–Kier alpha value is -3.94. The molecule has 252 valence electrons. The summed E-state index contributed by atoms with van der Waals surface area (Å²) in [5.74, 6) is 8.07. The Morgan fingerprint density at radius 1 is 0.542 bits per heavy atom. The number of hydrogen-bond acceptors (Lipinski definition) is 6. The van der Waals surface area contributed by atoms with Crippen LogP contribution in [0.4, 0.5) is 0 Å². The molecule has 8 heteroatoms. The van der Waals surface area contributed by atoms with Crippen LogP contribution in [-0.2, 0) is 22.4 Å². The third-order valence-corrected chi connectivity index (χ3v) is 13.4. The highest BCUT2D eigenvalue weighted by Crippen LogP contribution is 2.72. The van der Waals surface area contributed by atoms with Crippen molar-refractivity contribution in [2.75, 3.05) is 13.6 Å². The van der Waals surface area contributed by atoms with Gasteiger partial charge in [0.05, 0.1) is 0 Å². The zero-order chi connectivity index (χ0) is 32.5. The van der Waals surface area contributed by atoms with Gasteiger partial charge in [0.2, 0.25) is 13.6 Å². The average Bonchev–Trinajstić information content (AvgIpc) is 3.75. The van der Waals surface area contributed by atoms with Crippen molar-refractivity contribution in [3.8, 4) is 23.0 Å². The topological polar surface area (TPSA) is 112 Å². The lowest BCUT2D eigenvalue weighted by Crippen LogP contribution is -2.67. The molecule has 12 atom stereocenters. The smallest absolute Gasteiger partial charge is 0.303 e. The molecule has 8 aliphatic rings. The van der Waals surface area contributed by atoms with Gasteiger partial charge in [-0.3, -0.25) is 9.59 Å². The van der Waals surface area contributed by atoms with Crippen molar-refractivity contribution in [3.05, 3.63) is 71.8 Å². The maximum Gasteiger partial charge on any atom is 0.303 e. The van der Waals surface area contributed by atoms with Crippen LogP contribution in [0.5, 0.6) is 23.0 Å². The van der Waals surface area contributed by atoms with Crippen LogP contribution >= 0.6 is 0 Å². The van der Waals surface area contributed by atoms with Crippen molar-refractivity contribution in [2.24, 2.45) is 71.0 Å². The number of benzene rings is 2. The Labute approximate surface area is 281 Å². The van der Waals surface area contributed by atoms with E-state index < -0.39 is 11.9 Å². The van der Waals surface area contributed by atoms with E-state index in [1.165, 1.54) is 11.1 Å². The molecule has 0 aromatic heterocycles. The summed E-state index contributed by atoms with van der Waals surface area (Å²) in [5, 5.41) is 19.0. The van der Waals surface area contributed by atoms with Crippen molar-refractivity contribution in [1.29, 1.82) is 0 Å². The van der Waals surface area contributed by atoms with E-state index in [-0.39, 0.29) is 26.4 Å². The molecule has 0 saturated heterocycles. The summed E-state index contributed by atoms with van der Waals surface area (Å²) in [6, 6.07) is 12.7. The first-order valence-corrected chi connectivity index (χ1v) is 18.0. The predicted octanol–water partition coefficient (Wildman–Crippen LogP) is 7.01. The zero-order valence-corrected chi connectivity index (χ0v) is 27.1. The fraction of sp³-hybridized carbons (Fsp3) is 0.550. The summed E-state index contributed by atoms with van der Waals surface area (Å²) in [6.07, 6.45) is 15.9. The second-order valence-corrected chi connectivity index (χ2v) is 15.4. The molecular formula is C40H44O8. The van der Waals surface area contributed by atoms with Crippen LogP contribution in [0.15, 0.2) is 60.7 Å². The molecule has 8 nitrogen and oxygen atoms in total. The first-order valence-electron chi connectivity index (χ1n) is 18.0. The SMILES string of the molecule is O=C(O)CCC[C@H]1[C@H](Cc2ccc3c(c2)OCO3)[C@@H]2[C@H]3C=C[C@H]([C@@H]4[C@H]3C=C[C@H]3[C@@H](Cc5ccc6c(c5)OCO6)[C@H](CCCC(=O)O)[C@H]34)[C@H]12. The van der Waals surface area contributed by atoms with Crippen molar-refractivity contribution < 1.29 is 38.7 Å². The molecule has 0 spiro atoms. The van der Waals surface area contributed by atoms with Crippen LogP contribution in [-0.4, -0.2) is 35.7 Å². The fourth-order valence-electron chi connectivity index (χ4n) is 11.8. The lowest BCUT2D eigenvalue weighted by atomic mass is 9.33. The van der Waals surface area contributed by atoms with Crippen LogP contribution < -0.4 is 18.9 Å². The first-order chi connectivity index (χ1) is 23.4. The normalized spacial score (nSPS) is 36.8. The van der Waals surface area contributed by atoms with Gasteiger partial charge in [0, 0.05) is 12.8 Å². The molecule has 6 aliphatic carbocycles. The molecule has 2 aromatic rings. The van der Waals surface area contributed by atoms with Crippen molar-refractivity contribution >= 4 is 11.9 Å². The monoisotopic (exact) mass is 652 g/mol. The Bertz CT molecular complexity index is 1660. The molecule has 2 bridgehead atoms. The summed E-state index contributed by atoms with van der Waals surface area (Å²) >= 11 is 0. The summed E-state index contributed by atoms with van der Waals surface area (Å²) in [5.41, 5.74) is 2.53. The van der Waals surface area contributed by atoms with E-state index in [1.54, 1.807) is 0 Å². The maximum atomic E-state index is 11.6. The molecule has 0 unspecified atom stereocenters. The van der Waals surface area contributed by atoms with Gasteiger partial charge in [0.25, 0.3) is 0 Å². The van der Waals surface area contributed by atoms with E-state index in [1.807, 2.05) is 12.1 Å². The molecule has 2 heterocycles. The predicted molar refractivity (Wildman–Crippen MR) is 176 cm³/mol.